The summed E-state index contributed by atoms with van der Waals surface area (Å²) in [5.74, 6) is -4.44. The number of nitrogens with two attached hydrogens (primary N) is 1. The van der Waals surface area contributed by atoms with Gasteiger partial charge in [0, 0.05) is 23.0 Å². The number of carbonyl (C=O) groups excluding carboxylic acids is 4. The number of aryl methyl sites for hydroxylation is 2. The first-order valence-electron chi connectivity index (χ1n) is 9.13. The first-order valence-corrected chi connectivity index (χ1v) is 9.13. The highest BCUT2D eigenvalue weighted by molar-refractivity contribution is 6.06. The molecule has 0 aliphatic rings. The van der Waals surface area contributed by atoms with Crippen molar-refractivity contribution in [1.29, 1.82) is 0 Å². The molecule has 3 amide bonds. The van der Waals surface area contributed by atoms with E-state index in [0.717, 1.165) is 6.08 Å². The number of benzene rings is 2. The van der Waals surface area contributed by atoms with E-state index in [-0.39, 0.29) is 5.56 Å². The summed E-state index contributed by atoms with van der Waals surface area (Å²) in [5, 5.41) is 5.12. The SMILES string of the molecule is Cc1cc(/C=C/C(=O)OOC(=O)C(F)(F)F)cc(C)c1NC(=O)c1cccc(NC(N)=O)c1. The van der Waals surface area contributed by atoms with Crippen LogP contribution in [0.4, 0.5) is 29.3 Å². The van der Waals surface area contributed by atoms with Crippen LogP contribution >= 0.6 is 0 Å². The smallest absolute Gasteiger partial charge is 0.351 e. The normalized spacial score (nSPS) is 11.1. The highest BCUT2D eigenvalue weighted by Crippen LogP contribution is 2.24. The Morgan fingerprint density at radius 1 is 0.970 bits per heavy atom. The van der Waals surface area contributed by atoms with Crippen LogP contribution in [0.5, 0.6) is 0 Å². The molecular weight excluding hydrogens is 447 g/mol. The molecule has 0 saturated heterocycles. The van der Waals surface area contributed by atoms with Gasteiger partial charge < -0.3 is 16.4 Å². The number of anilines is 2. The van der Waals surface area contributed by atoms with Gasteiger partial charge in [0.2, 0.25) is 0 Å². The standard InChI is InChI=1S/C21H18F3N3O6/c1-11-8-13(6-7-16(28)32-33-19(30)21(22,23)24)9-12(2)17(11)27-18(29)14-4-3-5-15(10-14)26-20(25)31/h3-10H,1-2H3,(H,27,29)(H3,25,26,31)/b7-6+. The van der Waals surface area contributed by atoms with Crippen molar-refractivity contribution < 1.29 is 42.1 Å². The Hall–Kier alpha value is -4.35. The molecule has 2 aromatic carbocycles. The van der Waals surface area contributed by atoms with Crippen LogP contribution < -0.4 is 16.4 Å². The molecule has 0 spiro atoms. The van der Waals surface area contributed by atoms with E-state index in [1.165, 1.54) is 12.1 Å². The Bertz CT molecular complexity index is 1110. The minimum absolute atomic E-state index is 0.264. The number of urea groups is 1. The van der Waals surface area contributed by atoms with Gasteiger partial charge in [-0.25, -0.2) is 24.2 Å². The molecule has 0 saturated carbocycles. The number of halogens is 3. The molecule has 9 nitrogen and oxygen atoms in total. The number of primary amides is 1. The summed E-state index contributed by atoms with van der Waals surface area (Å²) in [7, 11) is 0. The molecule has 174 valence electrons. The molecular formula is C21H18F3N3O6. The van der Waals surface area contributed by atoms with E-state index in [0.29, 0.717) is 28.1 Å². The monoisotopic (exact) mass is 465 g/mol. The molecule has 0 unspecified atom stereocenters. The van der Waals surface area contributed by atoms with Gasteiger partial charge in [0.1, 0.15) is 0 Å². The fraction of sp³-hybridized carbons (Fsp3) is 0.143. The Morgan fingerprint density at radius 3 is 2.18 bits per heavy atom. The summed E-state index contributed by atoms with van der Waals surface area (Å²) in [5.41, 5.74) is 7.87. The van der Waals surface area contributed by atoms with Gasteiger partial charge in [-0.3, -0.25) is 4.79 Å². The molecule has 0 aliphatic heterocycles. The fourth-order valence-corrected chi connectivity index (χ4v) is 2.67. The number of hydrogen-bond acceptors (Lipinski definition) is 6. The van der Waals surface area contributed by atoms with E-state index < -0.39 is 30.1 Å². The highest BCUT2D eigenvalue weighted by atomic mass is 19.4. The van der Waals surface area contributed by atoms with Crippen LogP contribution in [0.15, 0.2) is 42.5 Å². The highest BCUT2D eigenvalue weighted by Gasteiger charge is 2.43. The Labute approximate surface area is 185 Å². The van der Waals surface area contributed by atoms with Gasteiger partial charge in [-0.05, 0) is 66.9 Å². The molecule has 4 N–H and O–H groups in total. The molecule has 0 aliphatic carbocycles. The maximum absolute atomic E-state index is 12.6. The molecule has 2 aromatic rings. The summed E-state index contributed by atoms with van der Waals surface area (Å²) in [4.78, 5) is 52.7. The molecule has 12 heteroatoms. The van der Waals surface area contributed by atoms with Crippen molar-refractivity contribution in [2.75, 3.05) is 10.6 Å². The average Bonchev–Trinajstić information content (AvgIpc) is 2.71. The molecule has 0 heterocycles. The predicted molar refractivity (Wildman–Crippen MR) is 111 cm³/mol. The van der Waals surface area contributed by atoms with Crippen LogP contribution in [-0.4, -0.2) is 30.1 Å². The first kappa shape index (κ1) is 24.9. The van der Waals surface area contributed by atoms with E-state index in [2.05, 4.69) is 20.4 Å². The molecule has 0 atom stereocenters. The van der Waals surface area contributed by atoms with E-state index in [4.69, 9.17) is 5.73 Å². The van der Waals surface area contributed by atoms with Crippen molar-refractivity contribution in [2.24, 2.45) is 5.73 Å². The van der Waals surface area contributed by atoms with Crippen LogP contribution in [0.2, 0.25) is 0 Å². The number of amides is 3. The van der Waals surface area contributed by atoms with Crippen molar-refractivity contribution >= 4 is 41.3 Å². The number of rotatable bonds is 5. The summed E-state index contributed by atoms with van der Waals surface area (Å²) in [6, 6.07) is 8.54. The molecule has 0 bridgehead atoms. The first-order chi connectivity index (χ1) is 15.4. The third kappa shape index (κ3) is 7.38. The van der Waals surface area contributed by atoms with E-state index in [1.54, 1.807) is 44.2 Å². The topological polar surface area (TPSA) is 137 Å². The van der Waals surface area contributed by atoms with Crippen molar-refractivity contribution in [3.8, 4) is 0 Å². The van der Waals surface area contributed by atoms with Crippen molar-refractivity contribution in [1.82, 2.24) is 0 Å². The van der Waals surface area contributed by atoms with Gasteiger partial charge in [-0.15, -0.1) is 0 Å². The zero-order chi connectivity index (χ0) is 24.8. The number of hydrogen-bond donors (Lipinski definition) is 3. The van der Waals surface area contributed by atoms with Gasteiger partial charge in [-0.1, -0.05) is 6.07 Å². The van der Waals surface area contributed by atoms with E-state index in [9.17, 15) is 32.3 Å². The summed E-state index contributed by atoms with van der Waals surface area (Å²) < 4.78 is 36.0. The minimum Gasteiger partial charge on any atom is -0.351 e. The summed E-state index contributed by atoms with van der Waals surface area (Å²) >= 11 is 0. The molecule has 0 fully saturated rings. The second-order valence-corrected chi connectivity index (χ2v) is 6.66. The zero-order valence-corrected chi connectivity index (χ0v) is 17.3. The zero-order valence-electron chi connectivity index (χ0n) is 17.3. The second kappa shape index (κ2) is 10.3. The van der Waals surface area contributed by atoms with Gasteiger partial charge >= 0.3 is 24.1 Å². The average molecular weight is 465 g/mol. The van der Waals surface area contributed by atoms with Gasteiger partial charge in [0.25, 0.3) is 5.91 Å². The lowest BCUT2D eigenvalue weighted by Crippen LogP contribution is -2.26. The van der Waals surface area contributed by atoms with Crippen LogP contribution in [-0.2, 0) is 19.4 Å². The fourth-order valence-electron chi connectivity index (χ4n) is 2.67. The molecule has 0 radical (unpaired) electrons. The van der Waals surface area contributed by atoms with E-state index >= 15 is 0 Å². The molecule has 33 heavy (non-hydrogen) atoms. The van der Waals surface area contributed by atoms with Crippen LogP contribution in [0.25, 0.3) is 6.08 Å². The lowest BCUT2D eigenvalue weighted by atomic mass is 10.0. The second-order valence-electron chi connectivity index (χ2n) is 6.66. The van der Waals surface area contributed by atoms with Crippen molar-refractivity contribution in [2.45, 2.75) is 20.0 Å². The van der Waals surface area contributed by atoms with Crippen molar-refractivity contribution in [3.63, 3.8) is 0 Å². The predicted octanol–water partition coefficient (Wildman–Crippen LogP) is 3.62. The summed E-state index contributed by atoms with van der Waals surface area (Å²) in [6.07, 6.45) is -3.29. The van der Waals surface area contributed by atoms with Crippen LogP contribution in [0, 0.1) is 13.8 Å². The summed E-state index contributed by atoms with van der Waals surface area (Å²) in [6.45, 7) is 3.38. The third-order valence-corrected chi connectivity index (χ3v) is 4.03. The minimum atomic E-state index is -5.29. The Morgan fingerprint density at radius 2 is 1.61 bits per heavy atom. The Balaban J connectivity index is 2.08. The lowest BCUT2D eigenvalue weighted by Gasteiger charge is -2.13. The third-order valence-electron chi connectivity index (χ3n) is 4.03. The maximum atomic E-state index is 12.6. The van der Waals surface area contributed by atoms with E-state index in [1.807, 2.05) is 0 Å². The molecule has 2 rings (SSSR count). The van der Waals surface area contributed by atoms with Crippen LogP contribution in [0.3, 0.4) is 0 Å². The number of carbonyl (C=O) groups is 4. The van der Waals surface area contributed by atoms with Gasteiger partial charge in [0.15, 0.2) is 0 Å². The maximum Gasteiger partial charge on any atom is 0.495 e. The van der Waals surface area contributed by atoms with Crippen LogP contribution in [0.1, 0.15) is 27.0 Å². The number of nitrogens with one attached hydrogen (secondary N) is 2. The quantitative estimate of drug-likeness (QED) is 0.350. The van der Waals surface area contributed by atoms with Crippen molar-refractivity contribution in [3.05, 3.63) is 64.7 Å². The van der Waals surface area contributed by atoms with Gasteiger partial charge in [0.05, 0.1) is 0 Å². The number of alkyl halides is 3. The van der Waals surface area contributed by atoms with Gasteiger partial charge in [-0.2, -0.15) is 13.2 Å². The lowest BCUT2D eigenvalue weighted by molar-refractivity contribution is -0.282. The largest absolute Gasteiger partial charge is 0.495 e. The molecule has 0 aromatic heterocycles. The Kier molecular flexibility index (Phi) is 7.78.